The van der Waals surface area contributed by atoms with Gasteiger partial charge in [-0.25, -0.2) is 0 Å². The summed E-state index contributed by atoms with van der Waals surface area (Å²) in [5, 5.41) is 2.95. The summed E-state index contributed by atoms with van der Waals surface area (Å²) in [5.41, 5.74) is 9.14. The van der Waals surface area contributed by atoms with Crippen LogP contribution in [0.1, 0.15) is 27.9 Å². The number of nitrogen functional groups attached to an aromatic ring is 1. The Morgan fingerprint density at radius 1 is 1.44 bits per heavy atom. The Morgan fingerprint density at radius 3 is 2.89 bits per heavy atom. The number of amides is 1. The molecule has 0 saturated carbocycles. The van der Waals surface area contributed by atoms with Crippen molar-refractivity contribution >= 4 is 11.6 Å². The van der Waals surface area contributed by atoms with E-state index in [1.54, 1.807) is 6.07 Å². The highest BCUT2D eigenvalue weighted by Gasteiger charge is 2.17. The minimum Gasteiger partial charge on any atom is -0.398 e. The van der Waals surface area contributed by atoms with Gasteiger partial charge in [0, 0.05) is 30.3 Å². The molecule has 1 unspecified atom stereocenters. The number of aryl methyl sites for hydroxylation is 2. The fraction of sp³-hybridized carbons (Fsp3) is 0.500. The summed E-state index contributed by atoms with van der Waals surface area (Å²) in [6, 6.07) is 3.70. The molecular weight excluding hydrogens is 228 g/mol. The van der Waals surface area contributed by atoms with Gasteiger partial charge in [0.05, 0.1) is 6.61 Å². The molecule has 0 aromatic heterocycles. The van der Waals surface area contributed by atoms with Crippen molar-refractivity contribution in [3.05, 3.63) is 28.8 Å². The molecule has 4 heteroatoms. The smallest absolute Gasteiger partial charge is 0.251 e. The van der Waals surface area contributed by atoms with Crippen molar-refractivity contribution in [3.63, 3.8) is 0 Å². The number of hydrogen-bond donors (Lipinski definition) is 2. The largest absolute Gasteiger partial charge is 0.398 e. The van der Waals surface area contributed by atoms with E-state index in [4.69, 9.17) is 10.5 Å². The molecule has 1 amide bonds. The fourth-order valence-corrected chi connectivity index (χ4v) is 2.19. The number of anilines is 1. The highest BCUT2D eigenvalue weighted by atomic mass is 16.5. The van der Waals surface area contributed by atoms with Crippen LogP contribution in [-0.4, -0.2) is 25.7 Å². The van der Waals surface area contributed by atoms with E-state index >= 15 is 0 Å². The van der Waals surface area contributed by atoms with Crippen molar-refractivity contribution in [1.29, 1.82) is 0 Å². The average molecular weight is 248 g/mol. The van der Waals surface area contributed by atoms with E-state index in [0.717, 1.165) is 30.8 Å². The molecule has 4 nitrogen and oxygen atoms in total. The van der Waals surface area contributed by atoms with Crippen LogP contribution >= 0.6 is 0 Å². The number of carbonyl (C=O) groups excluding carboxylic acids is 1. The Morgan fingerprint density at radius 2 is 2.22 bits per heavy atom. The molecule has 1 atom stereocenters. The summed E-state index contributed by atoms with van der Waals surface area (Å²) in [7, 11) is 0. The van der Waals surface area contributed by atoms with Gasteiger partial charge in [-0.1, -0.05) is 6.07 Å². The van der Waals surface area contributed by atoms with Crippen molar-refractivity contribution < 1.29 is 9.53 Å². The SMILES string of the molecule is Cc1cc(C)c(C(=O)NCC2CCOC2)cc1N. The summed E-state index contributed by atoms with van der Waals surface area (Å²) in [6.45, 7) is 6.10. The molecule has 2 rings (SSSR count). The molecule has 1 aromatic rings. The molecule has 1 saturated heterocycles. The Kier molecular flexibility index (Phi) is 3.87. The van der Waals surface area contributed by atoms with Crippen molar-refractivity contribution in [2.45, 2.75) is 20.3 Å². The lowest BCUT2D eigenvalue weighted by atomic mass is 10.0. The zero-order chi connectivity index (χ0) is 13.1. The van der Waals surface area contributed by atoms with E-state index in [1.807, 2.05) is 19.9 Å². The predicted molar refractivity (Wildman–Crippen MR) is 71.6 cm³/mol. The first-order valence-electron chi connectivity index (χ1n) is 6.30. The molecule has 1 aliphatic rings. The van der Waals surface area contributed by atoms with Gasteiger partial charge in [-0.3, -0.25) is 4.79 Å². The van der Waals surface area contributed by atoms with Gasteiger partial charge in [-0.2, -0.15) is 0 Å². The van der Waals surface area contributed by atoms with Crippen LogP contribution in [0.5, 0.6) is 0 Å². The van der Waals surface area contributed by atoms with Gasteiger partial charge in [-0.15, -0.1) is 0 Å². The minimum absolute atomic E-state index is 0.0499. The second-order valence-corrected chi connectivity index (χ2v) is 4.96. The normalized spacial score (nSPS) is 18.9. The van der Waals surface area contributed by atoms with Crippen LogP contribution in [0.2, 0.25) is 0 Å². The standard InChI is InChI=1S/C14H20N2O2/c1-9-5-10(2)13(15)6-12(9)14(17)16-7-11-3-4-18-8-11/h5-6,11H,3-4,7-8,15H2,1-2H3,(H,16,17). The highest BCUT2D eigenvalue weighted by molar-refractivity contribution is 5.96. The van der Waals surface area contributed by atoms with Crippen LogP contribution < -0.4 is 11.1 Å². The molecule has 1 fully saturated rings. The average Bonchev–Trinajstić information content (AvgIpc) is 2.84. The molecule has 3 N–H and O–H groups in total. The molecule has 18 heavy (non-hydrogen) atoms. The van der Waals surface area contributed by atoms with Crippen molar-refractivity contribution in [2.75, 3.05) is 25.5 Å². The van der Waals surface area contributed by atoms with E-state index in [-0.39, 0.29) is 5.91 Å². The first-order valence-corrected chi connectivity index (χ1v) is 6.30. The molecule has 1 heterocycles. The molecule has 1 aromatic carbocycles. The quantitative estimate of drug-likeness (QED) is 0.799. The van der Waals surface area contributed by atoms with Crippen LogP contribution in [0, 0.1) is 19.8 Å². The van der Waals surface area contributed by atoms with E-state index in [1.165, 1.54) is 0 Å². The van der Waals surface area contributed by atoms with Crippen molar-refractivity contribution in [3.8, 4) is 0 Å². The summed E-state index contributed by atoms with van der Waals surface area (Å²) in [5.74, 6) is 0.392. The van der Waals surface area contributed by atoms with Gasteiger partial charge in [-0.05, 0) is 37.5 Å². The Balaban J connectivity index is 2.01. The van der Waals surface area contributed by atoms with Crippen LogP contribution in [0.3, 0.4) is 0 Å². The Bertz CT molecular complexity index is 451. The van der Waals surface area contributed by atoms with Crippen molar-refractivity contribution in [2.24, 2.45) is 5.92 Å². The lowest BCUT2D eigenvalue weighted by molar-refractivity contribution is 0.0944. The van der Waals surface area contributed by atoms with E-state index in [9.17, 15) is 4.79 Å². The summed E-state index contributed by atoms with van der Waals surface area (Å²) >= 11 is 0. The van der Waals surface area contributed by atoms with Gasteiger partial charge in [0.1, 0.15) is 0 Å². The molecule has 1 aliphatic heterocycles. The second kappa shape index (κ2) is 5.40. The van der Waals surface area contributed by atoms with Crippen LogP contribution in [-0.2, 0) is 4.74 Å². The first kappa shape index (κ1) is 12.9. The monoisotopic (exact) mass is 248 g/mol. The van der Waals surface area contributed by atoms with Gasteiger partial charge < -0.3 is 15.8 Å². The third kappa shape index (κ3) is 2.82. The number of nitrogens with two attached hydrogens (primary N) is 1. The number of ether oxygens (including phenoxy) is 1. The third-order valence-electron chi connectivity index (χ3n) is 3.43. The number of hydrogen-bond acceptors (Lipinski definition) is 3. The van der Waals surface area contributed by atoms with Gasteiger partial charge in [0.2, 0.25) is 0 Å². The van der Waals surface area contributed by atoms with Crippen LogP contribution in [0.25, 0.3) is 0 Å². The number of nitrogens with one attached hydrogen (secondary N) is 1. The summed E-state index contributed by atoms with van der Waals surface area (Å²) in [6.07, 6.45) is 1.02. The van der Waals surface area contributed by atoms with E-state index in [0.29, 0.717) is 23.7 Å². The first-order chi connectivity index (χ1) is 8.58. The molecular formula is C14H20N2O2. The van der Waals surface area contributed by atoms with Crippen LogP contribution in [0.15, 0.2) is 12.1 Å². The van der Waals surface area contributed by atoms with Crippen LogP contribution in [0.4, 0.5) is 5.69 Å². The zero-order valence-electron chi connectivity index (χ0n) is 11.0. The van der Waals surface area contributed by atoms with Crippen molar-refractivity contribution in [1.82, 2.24) is 5.32 Å². The number of benzene rings is 1. The maximum Gasteiger partial charge on any atom is 0.251 e. The summed E-state index contributed by atoms with van der Waals surface area (Å²) < 4.78 is 5.28. The molecule has 0 radical (unpaired) electrons. The maximum absolute atomic E-state index is 12.1. The molecule has 0 bridgehead atoms. The van der Waals surface area contributed by atoms with E-state index in [2.05, 4.69) is 5.32 Å². The van der Waals surface area contributed by atoms with Gasteiger partial charge >= 0.3 is 0 Å². The summed E-state index contributed by atoms with van der Waals surface area (Å²) in [4.78, 5) is 12.1. The topological polar surface area (TPSA) is 64.3 Å². The number of carbonyl (C=O) groups is 1. The highest BCUT2D eigenvalue weighted by Crippen LogP contribution is 2.18. The third-order valence-corrected chi connectivity index (χ3v) is 3.43. The lowest BCUT2D eigenvalue weighted by Gasteiger charge is -2.12. The predicted octanol–water partition coefficient (Wildman–Crippen LogP) is 1.65. The van der Waals surface area contributed by atoms with Gasteiger partial charge in [0.25, 0.3) is 5.91 Å². The number of rotatable bonds is 3. The second-order valence-electron chi connectivity index (χ2n) is 4.96. The molecule has 98 valence electrons. The Labute approximate surface area is 108 Å². The lowest BCUT2D eigenvalue weighted by Crippen LogP contribution is -2.30. The van der Waals surface area contributed by atoms with Gasteiger partial charge in [0.15, 0.2) is 0 Å². The Hall–Kier alpha value is -1.55. The molecule has 0 aliphatic carbocycles. The molecule has 0 spiro atoms. The maximum atomic E-state index is 12.1. The fourth-order valence-electron chi connectivity index (χ4n) is 2.19. The zero-order valence-corrected chi connectivity index (χ0v) is 11.0. The van der Waals surface area contributed by atoms with E-state index < -0.39 is 0 Å². The minimum atomic E-state index is -0.0499.